The minimum Gasteiger partial charge on any atom is -0.319 e. The average molecular weight is 291 g/mol. The Hall–Kier alpha value is -0.450. The molecule has 3 aliphatic rings. The number of fused-ring (bicyclic) bond motifs is 4. The van der Waals surface area contributed by atoms with Gasteiger partial charge in [-0.05, 0) is 38.6 Å². The van der Waals surface area contributed by atoms with Crippen LogP contribution in [0.15, 0.2) is 0 Å². The maximum absolute atomic E-state index is 6.75. The lowest BCUT2D eigenvalue weighted by atomic mass is 9.77. The predicted octanol–water partition coefficient (Wildman–Crippen LogP) is 3.20. The van der Waals surface area contributed by atoms with E-state index < -0.39 is 0 Å². The Morgan fingerprint density at radius 3 is 3.00 bits per heavy atom. The summed E-state index contributed by atoms with van der Waals surface area (Å²) in [6.45, 7) is 2.34. The van der Waals surface area contributed by atoms with E-state index in [9.17, 15) is 0 Å². The average Bonchev–Trinajstić information content (AvgIpc) is 2.92. The largest absolute Gasteiger partial charge is 0.319 e. The van der Waals surface area contributed by atoms with E-state index in [4.69, 9.17) is 10.7 Å². The molecule has 0 aromatic carbocycles. The van der Waals surface area contributed by atoms with Crippen molar-refractivity contribution in [1.82, 2.24) is 9.88 Å². The smallest absolute Gasteiger partial charge is 0.113 e. The number of hydrogen-bond acceptors (Lipinski definition) is 4. The van der Waals surface area contributed by atoms with E-state index in [0.717, 1.165) is 31.2 Å². The molecular weight excluding hydrogens is 266 g/mol. The highest BCUT2D eigenvalue weighted by Gasteiger charge is 2.42. The van der Waals surface area contributed by atoms with Gasteiger partial charge in [0.15, 0.2) is 0 Å². The Bertz CT molecular complexity index is 526. The zero-order valence-electron chi connectivity index (χ0n) is 12.6. The Morgan fingerprint density at radius 2 is 2.20 bits per heavy atom. The van der Waals surface area contributed by atoms with Crippen molar-refractivity contribution in [2.75, 3.05) is 7.05 Å². The van der Waals surface area contributed by atoms with Crippen molar-refractivity contribution in [3.05, 3.63) is 15.6 Å². The molecule has 2 aliphatic heterocycles. The lowest BCUT2D eigenvalue weighted by Gasteiger charge is -2.35. The fourth-order valence-electron chi connectivity index (χ4n) is 4.57. The van der Waals surface area contributed by atoms with Crippen LogP contribution in [0.3, 0.4) is 0 Å². The molecule has 1 saturated heterocycles. The van der Waals surface area contributed by atoms with Crippen LogP contribution in [0.1, 0.15) is 67.1 Å². The second-order valence-electron chi connectivity index (χ2n) is 7.30. The first-order chi connectivity index (χ1) is 9.57. The van der Waals surface area contributed by atoms with E-state index in [-0.39, 0.29) is 5.54 Å². The summed E-state index contributed by atoms with van der Waals surface area (Å²) in [5.41, 5.74) is 7.98. The van der Waals surface area contributed by atoms with Crippen LogP contribution in [-0.2, 0) is 12.0 Å². The third-order valence-electron chi connectivity index (χ3n) is 5.76. The van der Waals surface area contributed by atoms with Crippen molar-refractivity contribution < 1.29 is 0 Å². The lowest BCUT2D eigenvalue weighted by molar-refractivity contribution is 0.224. The van der Waals surface area contributed by atoms with Gasteiger partial charge in [0.25, 0.3) is 0 Å². The van der Waals surface area contributed by atoms with E-state index in [2.05, 4.69) is 18.9 Å². The molecule has 1 saturated carbocycles. The number of hydrogen-bond donors (Lipinski definition) is 1. The van der Waals surface area contributed by atoms with Crippen LogP contribution in [0.2, 0.25) is 0 Å². The molecule has 4 heteroatoms. The molecule has 1 aromatic rings. The summed E-state index contributed by atoms with van der Waals surface area (Å²) in [7, 11) is 2.28. The van der Waals surface area contributed by atoms with Gasteiger partial charge in [-0.15, -0.1) is 11.3 Å². The molecular formula is C16H25N3S. The summed E-state index contributed by atoms with van der Waals surface area (Å²) in [6.07, 6.45) is 8.61. The SMILES string of the molecule is CC1CCCC(N)(c2nc3c(s2)C2CCC(C3)N2C)C1. The van der Waals surface area contributed by atoms with Gasteiger partial charge in [0.1, 0.15) is 5.01 Å². The van der Waals surface area contributed by atoms with Crippen LogP contribution in [0, 0.1) is 5.92 Å². The quantitative estimate of drug-likeness (QED) is 0.864. The molecule has 4 atom stereocenters. The van der Waals surface area contributed by atoms with E-state index in [1.165, 1.54) is 41.3 Å². The molecule has 1 aliphatic carbocycles. The van der Waals surface area contributed by atoms with Gasteiger partial charge in [0.05, 0.1) is 11.2 Å². The fourth-order valence-corrected chi connectivity index (χ4v) is 5.99. The highest BCUT2D eigenvalue weighted by molar-refractivity contribution is 7.12. The zero-order valence-corrected chi connectivity index (χ0v) is 13.4. The van der Waals surface area contributed by atoms with E-state index >= 15 is 0 Å². The normalized spacial score (nSPS) is 40.9. The zero-order chi connectivity index (χ0) is 13.9. The second kappa shape index (κ2) is 4.52. The number of rotatable bonds is 1. The molecule has 4 unspecified atom stereocenters. The van der Waals surface area contributed by atoms with E-state index in [1.54, 1.807) is 0 Å². The first-order valence-corrected chi connectivity index (χ1v) is 8.89. The Balaban J connectivity index is 1.69. The van der Waals surface area contributed by atoms with Crippen molar-refractivity contribution in [1.29, 1.82) is 0 Å². The molecule has 110 valence electrons. The molecule has 0 amide bonds. The highest BCUT2D eigenvalue weighted by Crippen LogP contribution is 2.48. The maximum Gasteiger partial charge on any atom is 0.113 e. The highest BCUT2D eigenvalue weighted by atomic mass is 32.1. The summed E-state index contributed by atoms with van der Waals surface area (Å²) in [6, 6.07) is 1.35. The van der Waals surface area contributed by atoms with Crippen LogP contribution in [0.5, 0.6) is 0 Å². The van der Waals surface area contributed by atoms with Gasteiger partial charge in [-0.2, -0.15) is 0 Å². The topological polar surface area (TPSA) is 42.1 Å². The van der Waals surface area contributed by atoms with Gasteiger partial charge in [-0.1, -0.05) is 19.8 Å². The van der Waals surface area contributed by atoms with Crippen molar-refractivity contribution in [3.8, 4) is 0 Å². The summed E-state index contributed by atoms with van der Waals surface area (Å²) >= 11 is 1.93. The standard InChI is InChI=1S/C16H25N3S/c1-10-4-3-7-16(17,9-10)15-18-12-8-11-5-6-13(19(11)2)14(12)20-15/h10-11,13H,3-9,17H2,1-2H3. The van der Waals surface area contributed by atoms with Gasteiger partial charge in [0, 0.05) is 23.4 Å². The monoisotopic (exact) mass is 291 g/mol. The molecule has 3 nitrogen and oxygen atoms in total. The van der Waals surface area contributed by atoms with Gasteiger partial charge in [-0.25, -0.2) is 4.98 Å². The van der Waals surface area contributed by atoms with Crippen LogP contribution in [0.4, 0.5) is 0 Å². The molecule has 0 spiro atoms. The number of thiazole rings is 1. The minimum absolute atomic E-state index is 0.141. The molecule has 1 aromatic heterocycles. The Morgan fingerprint density at radius 1 is 1.35 bits per heavy atom. The molecule has 20 heavy (non-hydrogen) atoms. The second-order valence-corrected chi connectivity index (χ2v) is 8.33. The fraction of sp³-hybridized carbons (Fsp3) is 0.812. The van der Waals surface area contributed by atoms with Gasteiger partial charge >= 0.3 is 0 Å². The van der Waals surface area contributed by atoms with Crippen molar-refractivity contribution in [2.24, 2.45) is 11.7 Å². The summed E-state index contributed by atoms with van der Waals surface area (Å²) in [5.74, 6) is 0.744. The summed E-state index contributed by atoms with van der Waals surface area (Å²) < 4.78 is 0. The molecule has 3 heterocycles. The van der Waals surface area contributed by atoms with Gasteiger partial charge < -0.3 is 5.73 Å². The minimum atomic E-state index is -0.141. The lowest BCUT2D eigenvalue weighted by Crippen LogP contribution is -2.41. The van der Waals surface area contributed by atoms with E-state index in [0.29, 0.717) is 6.04 Å². The Labute approximate surface area is 125 Å². The molecule has 4 rings (SSSR count). The third-order valence-corrected chi connectivity index (χ3v) is 7.18. The van der Waals surface area contributed by atoms with Crippen LogP contribution in [-0.4, -0.2) is 23.0 Å². The van der Waals surface area contributed by atoms with Crippen LogP contribution in [0.25, 0.3) is 0 Å². The van der Waals surface area contributed by atoms with E-state index in [1.807, 2.05) is 11.3 Å². The predicted molar refractivity (Wildman–Crippen MR) is 82.8 cm³/mol. The molecule has 2 fully saturated rings. The number of nitrogens with two attached hydrogens (primary N) is 1. The van der Waals surface area contributed by atoms with Crippen LogP contribution < -0.4 is 5.73 Å². The number of nitrogens with zero attached hydrogens (tertiary/aromatic N) is 2. The number of likely N-dealkylation sites (N-methyl/N-ethyl adjacent to an activating group) is 1. The molecule has 0 radical (unpaired) electrons. The van der Waals surface area contributed by atoms with Crippen molar-refractivity contribution in [3.63, 3.8) is 0 Å². The molecule has 2 bridgehead atoms. The third kappa shape index (κ3) is 1.88. The summed E-state index contributed by atoms with van der Waals surface area (Å²) in [5, 5.41) is 1.23. The van der Waals surface area contributed by atoms with Gasteiger partial charge in [-0.3, -0.25) is 4.90 Å². The van der Waals surface area contributed by atoms with Crippen LogP contribution >= 0.6 is 11.3 Å². The number of aromatic nitrogens is 1. The molecule has 2 N–H and O–H groups in total. The maximum atomic E-state index is 6.75. The Kier molecular flexibility index (Phi) is 2.99. The van der Waals surface area contributed by atoms with Gasteiger partial charge in [0.2, 0.25) is 0 Å². The van der Waals surface area contributed by atoms with Crippen molar-refractivity contribution >= 4 is 11.3 Å². The van der Waals surface area contributed by atoms with Crippen molar-refractivity contribution in [2.45, 2.75) is 69.5 Å². The summed E-state index contributed by atoms with van der Waals surface area (Å²) in [4.78, 5) is 9.12. The first kappa shape index (κ1) is 13.2. The first-order valence-electron chi connectivity index (χ1n) is 8.08.